The monoisotopic (exact) mass is 277 g/mol. The number of amides is 2. The van der Waals surface area contributed by atoms with Crippen molar-refractivity contribution in [3.05, 3.63) is 29.8 Å². The molecule has 20 heavy (non-hydrogen) atoms. The van der Waals surface area contributed by atoms with E-state index in [4.69, 9.17) is 10.5 Å². The van der Waals surface area contributed by atoms with E-state index in [9.17, 15) is 9.59 Å². The Morgan fingerprint density at radius 3 is 3.00 bits per heavy atom. The zero-order valence-electron chi connectivity index (χ0n) is 11.5. The Morgan fingerprint density at radius 2 is 2.30 bits per heavy atom. The van der Waals surface area contributed by atoms with Gasteiger partial charge >= 0.3 is 0 Å². The first-order valence-electron chi connectivity index (χ1n) is 6.60. The van der Waals surface area contributed by atoms with Gasteiger partial charge in [-0.15, -0.1) is 0 Å². The van der Waals surface area contributed by atoms with Gasteiger partial charge in [0.25, 0.3) is 11.8 Å². The molecule has 1 saturated heterocycles. The number of hydrogen-bond donors (Lipinski definition) is 2. The first kappa shape index (κ1) is 14.3. The fourth-order valence-electron chi connectivity index (χ4n) is 2.17. The number of benzene rings is 1. The third-order valence-electron chi connectivity index (χ3n) is 3.12. The van der Waals surface area contributed by atoms with Gasteiger partial charge in [0.1, 0.15) is 5.75 Å². The van der Waals surface area contributed by atoms with Gasteiger partial charge < -0.3 is 20.7 Å². The molecule has 1 aromatic carbocycles. The predicted molar refractivity (Wildman–Crippen MR) is 74.5 cm³/mol. The molecule has 0 bridgehead atoms. The largest absolute Gasteiger partial charge is 0.484 e. The highest BCUT2D eigenvalue weighted by molar-refractivity contribution is 5.94. The highest BCUT2D eigenvalue weighted by atomic mass is 16.5. The van der Waals surface area contributed by atoms with Crippen molar-refractivity contribution in [2.75, 3.05) is 26.2 Å². The topological polar surface area (TPSA) is 84.7 Å². The molecular formula is C14H19N3O3. The second-order valence-electron chi connectivity index (χ2n) is 4.89. The van der Waals surface area contributed by atoms with E-state index in [1.54, 1.807) is 24.3 Å². The molecule has 6 nitrogen and oxygen atoms in total. The average Bonchev–Trinajstić information content (AvgIpc) is 2.44. The van der Waals surface area contributed by atoms with E-state index in [0.29, 0.717) is 30.4 Å². The van der Waals surface area contributed by atoms with Gasteiger partial charge in [-0.1, -0.05) is 6.07 Å². The Morgan fingerprint density at radius 1 is 1.50 bits per heavy atom. The number of ether oxygens (including phenoxy) is 1. The number of nitrogens with one attached hydrogen (secondary N) is 1. The predicted octanol–water partition coefficient (Wildman–Crippen LogP) is -0.0154. The third-order valence-corrected chi connectivity index (χ3v) is 3.12. The van der Waals surface area contributed by atoms with Crippen molar-refractivity contribution in [3.63, 3.8) is 0 Å². The summed E-state index contributed by atoms with van der Waals surface area (Å²) in [4.78, 5) is 24.9. The van der Waals surface area contributed by atoms with Crippen LogP contribution >= 0.6 is 0 Å². The van der Waals surface area contributed by atoms with E-state index < -0.39 is 5.91 Å². The Labute approximate surface area is 117 Å². The number of nitrogens with zero attached hydrogens (tertiary/aromatic N) is 1. The van der Waals surface area contributed by atoms with Gasteiger partial charge in [-0.3, -0.25) is 9.59 Å². The van der Waals surface area contributed by atoms with Crippen LogP contribution in [0.15, 0.2) is 24.3 Å². The lowest BCUT2D eigenvalue weighted by Crippen LogP contribution is -2.51. The summed E-state index contributed by atoms with van der Waals surface area (Å²) in [7, 11) is 0. The van der Waals surface area contributed by atoms with E-state index in [-0.39, 0.29) is 12.5 Å². The molecule has 0 aliphatic carbocycles. The summed E-state index contributed by atoms with van der Waals surface area (Å²) in [5, 5.41) is 3.29. The van der Waals surface area contributed by atoms with Crippen LogP contribution in [-0.2, 0) is 4.79 Å². The molecule has 0 radical (unpaired) electrons. The van der Waals surface area contributed by atoms with E-state index in [0.717, 1.165) is 6.54 Å². The molecule has 3 N–H and O–H groups in total. The number of rotatable bonds is 4. The quantitative estimate of drug-likeness (QED) is 0.810. The van der Waals surface area contributed by atoms with Crippen molar-refractivity contribution >= 4 is 11.8 Å². The van der Waals surface area contributed by atoms with E-state index in [1.165, 1.54) is 0 Å². The fourth-order valence-corrected chi connectivity index (χ4v) is 2.17. The number of primary amides is 1. The number of carbonyl (C=O) groups is 2. The lowest BCUT2D eigenvalue weighted by atomic mass is 10.1. The molecule has 0 unspecified atom stereocenters. The first-order valence-corrected chi connectivity index (χ1v) is 6.60. The molecule has 2 amide bonds. The number of hydrogen-bond acceptors (Lipinski definition) is 4. The van der Waals surface area contributed by atoms with Gasteiger partial charge in [0.15, 0.2) is 6.61 Å². The zero-order valence-corrected chi connectivity index (χ0v) is 11.5. The summed E-state index contributed by atoms with van der Waals surface area (Å²) >= 11 is 0. The van der Waals surface area contributed by atoms with E-state index >= 15 is 0 Å². The van der Waals surface area contributed by atoms with Crippen molar-refractivity contribution in [1.29, 1.82) is 0 Å². The van der Waals surface area contributed by atoms with Crippen molar-refractivity contribution < 1.29 is 14.3 Å². The van der Waals surface area contributed by atoms with Gasteiger partial charge in [-0.25, -0.2) is 0 Å². The van der Waals surface area contributed by atoms with Crippen LogP contribution in [0, 0.1) is 0 Å². The van der Waals surface area contributed by atoms with Crippen LogP contribution in [0.3, 0.4) is 0 Å². The van der Waals surface area contributed by atoms with Crippen molar-refractivity contribution in [1.82, 2.24) is 10.2 Å². The van der Waals surface area contributed by atoms with Crippen molar-refractivity contribution in [2.45, 2.75) is 13.0 Å². The van der Waals surface area contributed by atoms with Gasteiger partial charge in [0.05, 0.1) is 0 Å². The van der Waals surface area contributed by atoms with Crippen LogP contribution in [0.1, 0.15) is 17.3 Å². The Kier molecular flexibility index (Phi) is 4.57. The molecule has 0 spiro atoms. The van der Waals surface area contributed by atoms with Gasteiger partial charge in [0.2, 0.25) is 0 Å². The molecular weight excluding hydrogens is 258 g/mol. The minimum atomic E-state index is -0.544. The van der Waals surface area contributed by atoms with Crippen LogP contribution in [-0.4, -0.2) is 49.0 Å². The molecule has 2 rings (SSSR count). The van der Waals surface area contributed by atoms with Crippen LogP contribution in [0.4, 0.5) is 0 Å². The standard InChI is InChI=1S/C14H19N3O3/c1-10-8-17(6-5-16-10)14(19)11-3-2-4-12(7-11)20-9-13(15)18/h2-4,7,10,16H,5-6,8-9H2,1H3,(H2,15,18)/t10-/m1/s1. The molecule has 1 atom stereocenters. The molecule has 1 heterocycles. The molecule has 1 fully saturated rings. The van der Waals surface area contributed by atoms with Crippen LogP contribution in [0.25, 0.3) is 0 Å². The van der Waals surface area contributed by atoms with Crippen LogP contribution in [0.5, 0.6) is 5.75 Å². The summed E-state index contributed by atoms with van der Waals surface area (Å²) in [5.41, 5.74) is 5.58. The van der Waals surface area contributed by atoms with Crippen molar-refractivity contribution in [2.24, 2.45) is 5.73 Å². The molecule has 0 aromatic heterocycles. The lowest BCUT2D eigenvalue weighted by molar-refractivity contribution is -0.119. The Hall–Kier alpha value is -2.08. The summed E-state index contributed by atoms with van der Waals surface area (Å²) in [5.74, 6) is -0.0987. The van der Waals surface area contributed by atoms with Crippen LogP contribution in [0.2, 0.25) is 0 Å². The van der Waals surface area contributed by atoms with Crippen LogP contribution < -0.4 is 15.8 Å². The fraction of sp³-hybridized carbons (Fsp3) is 0.429. The number of carbonyl (C=O) groups excluding carboxylic acids is 2. The van der Waals surface area contributed by atoms with Gasteiger partial charge in [-0.2, -0.15) is 0 Å². The summed E-state index contributed by atoms with van der Waals surface area (Å²) < 4.78 is 5.21. The Bertz CT molecular complexity index is 504. The average molecular weight is 277 g/mol. The highest BCUT2D eigenvalue weighted by Crippen LogP contribution is 2.15. The number of piperazine rings is 1. The molecule has 1 aliphatic heterocycles. The lowest BCUT2D eigenvalue weighted by Gasteiger charge is -2.32. The maximum atomic E-state index is 12.4. The molecule has 1 aromatic rings. The molecule has 6 heteroatoms. The maximum Gasteiger partial charge on any atom is 0.255 e. The third kappa shape index (κ3) is 3.71. The summed E-state index contributed by atoms with van der Waals surface area (Å²) in [6.45, 7) is 4.03. The van der Waals surface area contributed by atoms with Gasteiger partial charge in [-0.05, 0) is 25.1 Å². The minimum Gasteiger partial charge on any atom is -0.484 e. The molecule has 0 saturated carbocycles. The smallest absolute Gasteiger partial charge is 0.255 e. The van der Waals surface area contributed by atoms with Crippen molar-refractivity contribution in [3.8, 4) is 5.75 Å². The summed E-state index contributed by atoms with van der Waals surface area (Å²) in [6.07, 6.45) is 0. The minimum absolute atomic E-state index is 0.0251. The second-order valence-corrected chi connectivity index (χ2v) is 4.89. The SMILES string of the molecule is C[C@@H]1CN(C(=O)c2cccc(OCC(N)=O)c2)CCN1. The second kappa shape index (κ2) is 6.38. The first-order chi connectivity index (χ1) is 9.56. The van der Waals surface area contributed by atoms with Gasteiger partial charge in [0, 0.05) is 31.2 Å². The Balaban J connectivity index is 2.05. The maximum absolute atomic E-state index is 12.4. The highest BCUT2D eigenvalue weighted by Gasteiger charge is 2.21. The van der Waals surface area contributed by atoms with E-state index in [1.807, 2.05) is 11.8 Å². The normalized spacial score (nSPS) is 18.6. The molecule has 1 aliphatic rings. The number of nitrogens with two attached hydrogens (primary N) is 1. The molecule has 108 valence electrons. The zero-order chi connectivity index (χ0) is 14.5. The van der Waals surface area contributed by atoms with E-state index in [2.05, 4.69) is 5.32 Å². The summed E-state index contributed by atoms with van der Waals surface area (Å²) in [6, 6.07) is 7.10.